The van der Waals surface area contributed by atoms with Crippen LogP contribution in [0.1, 0.15) is 40.2 Å². The number of carbonyl (C=O) groups excluding carboxylic acids is 1. The molecule has 5 nitrogen and oxygen atoms in total. The zero-order valence-corrected chi connectivity index (χ0v) is 16.9. The number of benzene rings is 2. The summed E-state index contributed by atoms with van der Waals surface area (Å²) in [6.45, 7) is 1.89. The SMILES string of the molecule is O=C(NCCC(c1ccccc1)c1ccccc1)c1ccc(O[C@H]2CCOC2)nc1. The number of amides is 1. The molecule has 2 heterocycles. The van der Waals surface area contributed by atoms with Crippen molar-refractivity contribution in [3.63, 3.8) is 0 Å². The second-order valence-electron chi connectivity index (χ2n) is 7.41. The van der Waals surface area contributed by atoms with E-state index < -0.39 is 0 Å². The number of pyridine rings is 1. The summed E-state index contributed by atoms with van der Waals surface area (Å²) in [5, 5.41) is 3.02. The van der Waals surface area contributed by atoms with Gasteiger partial charge in [-0.15, -0.1) is 0 Å². The van der Waals surface area contributed by atoms with Crippen molar-refractivity contribution in [2.45, 2.75) is 24.9 Å². The van der Waals surface area contributed by atoms with Gasteiger partial charge in [0.25, 0.3) is 5.91 Å². The molecular formula is C25H26N2O3. The van der Waals surface area contributed by atoms with Crippen LogP contribution in [0.15, 0.2) is 79.0 Å². The molecule has 3 aromatic rings. The van der Waals surface area contributed by atoms with Crippen molar-refractivity contribution < 1.29 is 14.3 Å². The van der Waals surface area contributed by atoms with Gasteiger partial charge in [0.05, 0.1) is 18.8 Å². The lowest BCUT2D eigenvalue weighted by Gasteiger charge is -2.18. The first kappa shape index (κ1) is 20.1. The number of hydrogen-bond donors (Lipinski definition) is 1. The molecule has 0 spiro atoms. The molecule has 154 valence electrons. The van der Waals surface area contributed by atoms with E-state index in [1.807, 2.05) is 12.1 Å². The summed E-state index contributed by atoms with van der Waals surface area (Å²) in [4.78, 5) is 16.8. The van der Waals surface area contributed by atoms with Crippen LogP contribution in [0.5, 0.6) is 5.88 Å². The molecule has 1 N–H and O–H groups in total. The third kappa shape index (κ3) is 5.24. The summed E-state index contributed by atoms with van der Waals surface area (Å²) >= 11 is 0. The van der Waals surface area contributed by atoms with Gasteiger partial charge in [-0.1, -0.05) is 60.7 Å². The lowest BCUT2D eigenvalue weighted by atomic mass is 9.88. The zero-order chi connectivity index (χ0) is 20.6. The summed E-state index contributed by atoms with van der Waals surface area (Å²) in [6.07, 6.45) is 3.29. The van der Waals surface area contributed by atoms with Crippen LogP contribution in [0, 0.1) is 0 Å². The number of aromatic nitrogens is 1. The van der Waals surface area contributed by atoms with E-state index >= 15 is 0 Å². The fourth-order valence-electron chi connectivity index (χ4n) is 3.69. The van der Waals surface area contributed by atoms with Crippen LogP contribution in [0.25, 0.3) is 0 Å². The van der Waals surface area contributed by atoms with E-state index in [0.717, 1.165) is 19.4 Å². The van der Waals surface area contributed by atoms with E-state index in [1.54, 1.807) is 18.3 Å². The van der Waals surface area contributed by atoms with Crippen LogP contribution in [-0.2, 0) is 4.74 Å². The number of nitrogens with one attached hydrogen (secondary N) is 1. The molecule has 1 atom stereocenters. The van der Waals surface area contributed by atoms with Crippen molar-refractivity contribution in [3.05, 3.63) is 95.7 Å². The Balaban J connectivity index is 1.34. The Morgan fingerprint density at radius 1 is 1.03 bits per heavy atom. The van der Waals surface area contributed by atoms with E-state index in [0.29, 0.717) is 24.6 Å². The van der Waals surface area contributed by atoms with Crippen LogP contribution in [0.3, 0.4) is 0 Å². The molecule has 0 bridgehead atoms. The molecule has 1 aromatic heterocycles. The van der Waals surface area contributed by atoms with E-state index in [1.165, 1.54) is 11.1 Å². The van der Waals surface area contributed by atoms with E-state index in [9.17, 15) is 4.79 Å². The molecule has 1 amide bonds. The highest BCUT2D eigenvalue weighted by molar-refractivity contribution is 5.93. The van der Waals surface area contributed by atoms with Gasteiger partial charge in [0.1, 0.15) is 6.10 Å². The smallest absolute Gasteiger partial charge is 0.252 e. The molecule has 5 heteroatoms. The monoisotopic (exact) mass is 402 g/mol. The largest absolute Gasteiger partial charge is 0.472 e. The van der Waals surface area contributed by atoms with Gasteiger partial charge < -0.3 is 14.8 Å². The Morgan fingerprint density at radius 2 is 1.73 bits per heavy atom. The maximum absolute atomic E-state index is 12.5. The third-order valence-electron chi connectivity index (χ3n) is 5.30. The van der Waals surface area contributed by atoms with Gasteiger partial charge in [0.15, 0.2) is 0 Å². The molecular weight excluding hydrogens is 376 g/mol. The standard InChI is InChI=1S/C25H26N2O3/c28-25(21-11-12-24(27-17-21)30-22-14-16-29-18-22)26-15-13-23(19-7-3-1-4-8-19)20-9-5-2-6-10-20/h1-12,17,22-23H,13-16,18H2,(H,26,28)/t22-/m0/s1. The fraction of sp³-hybridized carbons (Fsp3) is 0.280. The third-order valence-corrected chi connectivity index (χ3v) is 5.30. The van der Waals surface area contributed by atoms with E-state index in [4.69, 9.17) is 9.47 Å². The Hall–Kier alpha value is -3.18. The van der Waals surface area contributed by atoms with Crippen LogP contribution in [0.2, 0.25) is 0 Å². The minimum atomic E-state index is -0.127. The van der Waals surface area contributed by atoms with Gasteiger partial charge in [-0.2, -0.15) is 0 Å². The summed E-state index contributed by atoms with van der Waals surface area (Å²) in [5.74, 6) is 0.628. The Labute approximate surface area is 177 Å². The van der Waals surface area contributed by atoms with Crippen molar-refractivity contribution in [1.29, 1.82) is 0 Å². The Bertz CT molecular complexity index is 884. The van der Waals surface area contributed by atoms with Gasteiger partial charge >= 0.3 is 0 Å². The van der Waals surface area contributed by atoms with Crippen molar-refractivity contribution in [3.8, 4) is 5.88 Å². The van der Waals surface area contributed by atoms with Crippen LogP contribution in [-0.4, -0.2) is 36.8 Å². The molecule has 30 heavy (non-hydrogen) atoms. The minimum Gasteiger partial charge on any atom is -0.472 e. The second-order valence-corrected chi connectivity index (χ2v) is 7.41. The molecule has 0 aliphatic carbocycles. The number of nitrogens with zero attached hydrogens (tertiary/aromatic N) is 1. The molecule has 2 aromatic carbocycles. The molecule has 0 saturated carbocycles. The molecule has 1 saturated heterocycles. The number of carbonyl (C=O) groups is 1. The molecule has 1 aliphatic heterocycles. The Morgan fingerprint density at radius 3 is 2.30 bits per heavy atom. The van der Waals surface area contributed by atoms with Crippen molar-refractivity contribution in [2.24, 2.45) is 0 Å². The van der Waals surface area contributed by atoms with Gasteiger partial charge in [0.2, 0.25) is 5.88 Å². The average Bonchev–Trinajstić information content (AvgIpc) is 3.31. The molecule has 1 fully saturated rings. The Kier molecular flexibility index (Phi) is 6.72. The summed E-state index contributed by atoms with van der Waals surface area (Å²) < 4.78 is 11.1. The van der Waals surface area contributed by atoms with E-state index in [2.05, 4.69) is 58.8 Å². The quantitative estimate of drug-likeness (QED) is 0.613. The summed E-state index contributed by atoms with van der Waals surface area (Å²) in [6, 6.07) is 24.3. The maximum Gasteiger partial charge on any atom is 0.252 e. The van der Waals surface area contributed by atoms with Crippen LogP contribution >= 0.6 is 0 Å². The van der Waals surface area contributed by atoms with Crippen molar-refractivity contribution in [2.75, 3.05) is 19.8 Å². The first-order chi connectivity index (χ1) is 14.8. The highest BCUT2D eigenvalue weighted by Gasteiger charge is 2.18. The molecule has 0 radical (unpaired) electrons. The zero-order valence-electron chi connectivity index (χ0n) is 16.9. The van der Waals surface area contributed by atoms with Gasteiger partial charge in [0, 0.05) is 31.1 Å². The molecule has 4 rings (SSSR count). The van der Waals surface area contributed by atoms with Gasteiger partial charge in [-0.05, 0) is 23.6 Å². The minimum absolute atomic E-state index is 0.0464. The van der Waals surface area contributed by atoms with Crippen LogP contribution in [0.4, 0.5) is 0 Å². The highest BCUT2D eigenvalue weighted by atomic mass is 16.5. The predicted molar refractivity (Wildman–Crippen MR) is 116 cm³/mol. The van der Waals surface area contributed by atoms with Crippen molar-refractivity contribution in [1.82, 2.24) is 10.3 Å². The second kappa shape index (κ2) is 10.0. The van der Waals surface area contributed by atoms with Gasteiger partial charge in [-0.3, -0.25) is 4.79 Å². The summed E-state index contributed by atoms with van der Waals surface area (Å²) in [7, 11) is 0. The number of hydrogen-bond acceptors (Lipinski definition) is 4. The average molecular weight is 402 g/mol. The maximum atomic E-state index is 12.5. The molecule has 0 unspecified atom stereocenters. The first-order valence-corrected chi connectivity index (χ1v) is 10.4. The van der Waals surface area contributed by atoms with E-state index in [-0.39, 0.29) is 17.9 Å². The van der Waals surface area contributed by atoms with Crippen LogP contribution < -0.4 is 10.1 Å². The normalized spacial score (nSPS) is 15.8. The lowest BCUT2D eigenvalue weighted by Crippen LogP contribution is -2.26. The predicted octanol–water partition coefficient (Wildman–Crippen LogP) is 4.20. The number of rotatable bonds is 8. The fourth-order valence-corrected chi connectivity index (χ4v) is 3.69. The lowest BCUT2D eigenvalue weighted by molar-refractivity contribution is 0.0952. The van der Waals surface area contributed by atoms with Gasteiger partial charge in [-0.25, -0.2) is 4.98 Å². The highest BCUT2D eigenvalue weighted by Crippen LogP contribution is 2.27. The molecule has 1 aliphatic rings. The summed E-state index contributed by atoms with van der Waals surface area (Å²) in [5.41, 5.74) is 3.02. The number of ether oxygens (including phenoxy) is 2. The first-order valence-electron chi connectivity index (χ1n) is 10.4. The van der Waals surface area contributed by atoms with Crippen molar-refractivity contribution >= 4 is 5.91 Å². The topological polar surface area (TPSA) is 60.5 Å².